The summed E-state index contributed by atoms with van der Waals surface area (Å²) in [5.41, 5.74) is 0. The second kappa shape index (κ2) is 6.14. The van der Waals surface area contributed by atoms with Gasteiger partial charge < -0.3 is 10.4 Å². The number of hydrogen-bond donors (Lipinski definition) is 2. The molecule has 2 N–H and O–H groups in total. The van der Waals surface area contributed by atoms with Gasteiger partial charge in [-0.2, -0.15) is 0 Å². The minimum absolute atomic E-state index is 0.0403. The first-order valence-electron chi connectivity index (χ1n) is 6.90. The molecule has 1 heterocycles. The molecule has 1 saturated carbocycles. The molecule has 1 unspecified atom stereocenters. The highest BCUT2D eigenvalue weighted by Gasteiger charge is 2.42. The number of carbonyl (C=O) groups excluding carboxylic acids is 2. The fraction of sp³-hybridized carbons (Fsp3) is 0.769. The zero-order chi connectivity index (χ0) is 13.8. The van der Waals surface area contributed by atoms with E-state index in [4.69, 9.17) is 5.11 Å². The lowest BCUT2D eigenvalue weighted by Gasteiger charge is -2.29. The first-order valence-corrected chi connectivity index (χ1v) is 6.90. The van der Waals surface area contributed by atoms with Crippen molar-refractivity contribution in [1.82, 2.24) is 10.2 Å². The van der Waals surface area contributed by atoms with E-state index in [9.17, 15) is 14.4 Å². The van der Waals surface area contributed by atoms with Crippen molar-refractivity contribution in [3.8, 4) is 0 Å². The normalized spacial score (nSPS) is 25.1. The van der Waals surface area contributed by atoms with Crippen molar-refractivity contribution in [3.05, 3.63) is 0 Å². The number of rotatable bonds is 5. The van der Waals surface area contributed by atoms with E-state index in [1.165, 1.54) is 11.3 Å². The molecule has 6 nitrogen and oxygen atoms in total. The Bertz CT molecular complexity index is 377. The van der Waals surface area contributed by atoms with Gasteiger partial charge in [0.1, 0.15) is 0 Å². The third kappa shape index (κ3) is 3.32. The van der Waals surface area contributed by atoms with Crippen molar-refractivity contribution in [2.75, 3.05) is 6.54 Å². The molecule has 2 amide bonds. The molecule has 2 rings (SSSR count). The van der Waals surface area contributed by atoms with Crippen LogP contribution in [0.4, 0.5) is 0 Å². The van der Waals surface area contributed by atoms with Crippen molar-refractivity contribution in [2.24, 2.45) is 0 Å². The Kier molecular flexibility index (Phi) is 4.52. The molecule has 6 heteroatoms. The Morgan fingerprint density at radius 1 is 1.26 bits per heavy atom. The molecule has 1 aliphatic heterocycles. The lowest BCUT2D eigenvalue weighted by molar-refractivity contribution is -0.142. The van der Waals surface area contributed by atoms with Gasteiger partial charge in [0.15, 0.2) is 0 Å². The summed E-state index contributed by atoms with van der Waals surface area (Å²) in [5, 5.41) is 11.4. The number of aliphatic carboxylic acids is 1. The van der Waals surface area contributed by atoms with E-state index in [1.54, 1.807) is 0 Å². The van der Waals surface area contributed by atoms with Crippen LogP contribution in [0.1, 0.15) is 44.9 Å². The molecule has 0 bridgehead atoms. The summed E-state index contributed by atoms with van der Waals surface area (Å²) in [6, 6.07) is -0.478. The van der Waals surface area contributed by atoms with Gasteiger partial charge in [-0.1, -0.05) is 19.3 Å². The third-order valence-corrected chi connectivity index (χ3v) is 3.85. The average molecular weight is 268 g/mol. The van der Waals surface area contributed by atoms with Gasteiger partial charge in [-0.3, -0.25) is 19.3 Å². The van der Waals surface area contributed by atoms with Crippen molar-refractivity contribution in [3.63, 3.8) is 0 Å². The Labute approximate surface area is 112 Å². The molecule has 1 aliphatic carbocycles. The topological polar surface area (TPSA) is 86.7 Å². The van der Waals surface area contributed by atoms with Crippen molar-refractivity contribution in [2.45, 2.75) is 57.0 Å². The van der Waals surface area contributed by atoms with Gasteiger partial charge in [0.25, 0.3) is 0 Å². The predicted octanol–water partition coefficient (Wildman–Crippen LogP) is 0.511. The van der Waals surface area contributed by atoms with Gasteiger partial charge in [-0.15, -0.1) is 0 Å². The summed E-state index contributed by atoms with van der Waals surface area (Å²) in [5.74, 6) is -1.21. The number of amides is 2. The predicted molar refractivity (Wildman–Crippen MR) is 67.4 cm³/mol. The smallest absolute Gasteiger partial charge is 0.304 e. The number of hydrogen-bond acceptors (Lipinski definition) is 4. The molecule has 2 fully saturated rings. The van der Waals surface area contributed by atoms with Crippen LogP contribution in [0.5, 0.6) is 0 Å². The molecule has 2 aliphatic rings. The van der Waals surface area contributed by atoms with E-state index in [-0.39, 0.29) is 37.2 Å². The first kappa shape index (κ1) is 14.0. The summed E-state index contributed by atoms with van der Waals surface area (Å²) in [6.07, 6.45) is 5.24. The molecular formula is C13H20N2O4. The second-order valence-corrected chi connectivity index (χ2v) is 5.25. The van der Waals surface area contributed by atoms with Crippen LogP contribution in [0.2, 0.25) is 0 Å². The molecule has 1 atom stereocenters. The average Bonchev–Trinajstić information content (AvgIpc) is 2.65. The minimum atomic E-state index is -0.909. The minimum Gasteiger partial charge on any atom is -0.481 e. The molecule has 0 aromatic rings. The van der Waals surface area contributed by atoms with E-state index in [0.717, 1.165) is 25.7 Å². The second-order valence-electron chi connectivity index (χ2n) is 5.25. The zero-order valence-electron chi connectivity index (χ0n) is 10.9. The third-order valence-electron chi connectivity index (χ3n) is 3.85. The van der Waals surface area contributed by atoms with Crippen LogP contribution >= 0.6 is 0 Å². The molecule has 0 radical (unpaired) electrons. The molecule has 1 saturated heterocycles. The Hall–Kier alpha value is -1.43. The van der Waals surface area contributed by atoms with E-state index in [1.807, 2.05) is 0 Å². The van der Waals surface area contributed by atoms with E-state index >= 15 is 0 Å². The van der Waals surface area contributed by atoms with Crippen LogP contribution in [0, 0.1) is 0 Å². The standard InChI is InChI=1S/C13H20N2O4/c16-11-8-10(14-7-6-12(17)18)13(19)15(11)9-4-2-1-3-5-9/h9-10,14H,1-8H2,(H,17,18). The summed E-state index contributed by atoms with van der Waals surface area (Å²) in [6.45, 7) is 0.220. The van der Waals surface area contributed by atoms with Crippen molar-refractivity contribution >= 4 is 17.8 Å². The van der Waals surface area contributed by atoms with Crippen molar-refractivity contribution < 1.29 is 19.5 Å². The highest BCUT2D eigenvalue weighted by Crippen LogP contribution is 2.27. The highest BCUT2D eigenvalue weighted by molar-refractivity contribution is 6.05. The zero-order valence-corrected chi connectivity index (χ0v) is 10.9. The van der Waals surface area contributed by atoms with Crippen LogP contribution in [-0.2, 0) is 14.4 Å². The van der Waals surface area contributed by atoms with Crippen LogP contribution in [0.25, 0.3) is 0 Å². The highest BCUT2D eigenvalue weighted by atomic mass is 16.4. The summed E-state index contributed by atoms with van der Waals surface area (Å²) in [7, 11) is 0. The summed E-state index contributed by atoms with van der Waals surface area (Å²) < 4.78 is 0. The SMILES string of the molecule is O=C(O)CCNC1CC(=O)N(C2CCCCC2)C1=O. The van der Waals surface area contributed by atoms with Crippen molar-refractivity contribution in [1.29, 1.82) is 0 Å². The van der Waals surface area contributed by atoms with Gasteiger partial charge in [0, 0.05) is 12.6 Å². The molecule has 0 aromatic carbocycles. The number of imide groups is 1. The quantitative estimate of drug-likeness (QED) is 0.709. The lowest BCUT2D eigenvalue weighted by atomic mass is 9.94. The largest absolute Gasteiger partial charge is 0.481 e. The molecule has 19 heavy (non-hydrogen) atoms. The summed E-state index contributed by atoms with van der Waals surface area (Å²) >= 11 is 0. The van der Waals surface area contributed by atoms with Gasteiger partial charge in [0.05, 0.1) is 18.9 Å². The number of carboxylic acid groups (broad SMARTS) is 1. The van der Waals surface area contributed by atoms with Gasteiger partial charge in [-0.25, -0.2) is 0 Å². The van der Waals surface area contributed by atoms with Crippen LogP contribution < -0.4 is 5.32 Å². The van der Waals surface area contributed by atoms with E-state index in [0.29, 0.717) is 0 Å². The molecule has 0 aromatic heterocycles. The van der Waals surface area contributed by atoms with E-state index in [2.05, 4.69) is 5.32 Å². The fourth-order valence-electron chi connectivity index (χ4n) is 2.89. The molecule has 0 spiro atoms. The van der Waals surface area contributed by atoms with Crippen LogP contribution in [0.3, 0.4) is 0 Å². The van der Waals surface area contributed by atoms with E-state index < -0.39 is 12.0 Å². The monoisotopic (exact) mass is 268 g/mol. The van der Waals surface area contributed by atoms with Gasteiger partial charge in [0.2, 0.25) is 11.8 Å². The maximum atomic E-state index is 12.2. The van der Waals surface area contributed by atoms with Gasteiger partial charge in [-0.05, 0) is 12.8 Å². The summed E-state index contributed by atoms with van der Waals surface area (Å²) in [4.78, 5) is 36.0. The fourth-order valence-corrected chi connectivity index (χ4v) is 2.89. The molecule has 106 valence electrons. The van der Waals surface area contributed by atoms with Gasteiger partial charge >= 0.3 is 5.97 Å². The number of nitrogens with zero attached hydrogens (tertiary/aromatic N) is 1. The number of carbonyl (C=O) groups is 3. The Morgan fingerprint density at radius 3 is 2.58 bits per heavy atom. The van der Waals surface area contributed by atoms with Crippen LogP contribution in [-0.4, -0.2) is 46.4 Å². The number of carboxylic acids is 1. The molecular weight excluding hydrogens is 248 g/mol. The lowest BCUT2D eigenvalue weighted by Crippen LogP contribution is -2.45. The van der Waals surface area contributed by atoms with Crippen LogP contribution in [0.15, 0.2) is 0 Å². The first-order chi connectivity index (χ1) is 9.09. The maximum Gasteiger partial charge on any atom is 0.304 e. The maximum absolute atomic E-state index is 12.2. The Morgan fingerprint density at radius 2 is 1.95 bits per heavy atom. The number of nitrogens with one attached hydrogen (secondary N) is 1. The Balaban J connectivity index is 1.90. The number of likely N-dealkylation sites (tertiary alicyclic amines) is 1.